The number of benzene rings is 1. The van der Waals surface area contributed by atoms with Gasteiger partial charge in [0.15, 0.2) is 0 Å². The first-order valence-electron chi connectivity index (χ1n) is 5.85. The predicted molar refractivity (Wildman–Crippen MR) is 67.2 cm³/mol. The fraction of sp³-hybridized carbons (Fsp3) is 0.250. The lowest BCUT2D eigenvalue weighted by atomic mass is 10.2. The van der Waals surface area contributed by atoms with Crippen molar-refractivity contribution in [2.45, 2.75) is 6.04 Å². The summed E-state index contributed by atoms with van der Waals surface area (Å²) in [6.45, 7) is 0.0658. The second-order valence-corrected chi connectivity index (χ2v) is 4.50. The number of anilines is 2. The molecule has 1 aromatic carbocycles. The number of nitrogens with two attached hydrogens (primary N) is 1. The lowest BCUT2D eigenvalue weighted by Gasteiger charge is -2.26. The lowest BCUT2D eigenvalue weighted by molar-refractivity contribution is -0.126. The summed E-state index contributed by atoms with van der Waals surface area (Å²) in [6, 6.07) is 5.45. The van der Waals surface area contributed by atoms with Crippen LogP contribution in [0.1, 0.15) is 0 Å². The molecule has 7 heteroatoms. The van der Waals surface area contributed by atoms with E-state index in [4.69, 9.17) is 5.73 Å². The maximum atomic E-state index is 12.2. The predicted octanol–water partition coefficient (Wildman–Crippen LogP) is -0.464. The van der Waals surface area contributed by atoms with Crippen molar-refractivity contribution in [3.63, 3.8) is 0 Å². The normalized spacial score (nSPS) is 22.5. The van der Waals surface area contributed by atoms with E-state index in [1.807, 2.05) is 0 Å². The number of nitrogens with zero attached hydrogens (tertiary/aromatic N) is 2. The van der Waals surface area contributed by atoms with Gasteiger partial charge in [-0.15, -0.1) is 0 Å². The highest BCUT2D eigenvalue weighted by molar-refractivity contribution is 6.22. The summed E-state index contributed by atoms with van der Waals surface area (Å²) in [5.41, 5.74) is 6.55. The van der Waals surface area contributed by atoms with Gasteiger partial charge in [0.25, 0.3) is 5.91 Å². The van der Waals surface area contributed by atoms with E-state index in [-0.39, 0.29) is 24.9 Å². The third-order valence-corrected chi connectivity index (χ3v) is 3.25. The Kier molecular flexibility index (Phi) is 2.41. The minimum Gasteiger partial charge on any atom is -0.399 e. The molecule has 98 valence electrons. The monoisotopic (exact) mass is 260 g/mol. The van der Waals surface area contributed by atoms with Crippen LogP contribution in [0.15, 0.2) is 24.3 Å². The molecule has 0 bridgehead atoms. The number of nitrogen functional groups attached to an aromatic ring is 1. The molecule has 3 N–H and O–H groups in total. The van der Waals surface area contributed by atoms with Crippen molar-refractivity contribution >= 4 is 29.2 Å². The molecule has 0 saturated carbocycles. The van der Waals surface area contributed by atoms with E-state index in [1.165, 1.54) is 4.90 Å². The molecule has 19 heavy (non-hydrogen) atoms. The number of hydrogen-bond acceptors (Lipinski definition) is 4. The molecule has 1 atom stereocenters. The number of hydrogen-bond donors (Lipinski definition) is 2. The van der Waals surface area contributed by atoms with Crippen LogP contribution in [0.2, 0.25) is 0 Å². The number of fused-ring (bicyclic) bond motifs is 1. The topological polar surface area (TPSA) is 95.7 Å². The fourth-order valence-corrected chi connectivity index (χ4v) is 2.34. The smallest absolute Gasteiger partial charge is 0.332 e. The van der Waals surface area contributed by atoms with Gasteiger partial charge in [0.05, 0.1) is 5.69 Å². The summed E-state index contributed by atoms with van der Waals surface area (Å²) in [4.78, 5) is 38.1. The van der Waals surface area contributed by atoms with Gasteiger partial charge in [-0.1, -0.05) is 6.07 Å². The number of rotatable bonds is 1. The number of amides is 4. The second kappa shape index (κ2) is 3.98. The first-order chi connectivity index (χ1) is 9.08. The van der Waals surface area contributed by atoms with Crippen LogP contribution >= 0.6 is 0 Å². The van der Waals surface area contributed by atoms with Crippen LogP contribution in [0.25, 0.3) is 0 Å². The highest BCUT2D eigenvalue weighted by Gasteiger charge is 2.48. The van der Waals surface area contributed by atoms with Crippen molar-refractivity contribution < 1.29 is 14.4 Å². The van der Waals surface area contributed by atoms with Gasteiger partial charge in [-0.05, 0) is 18.2 Å². The van der Waals surface area contributed by atoms with Crippen molar-refractivity contribution in [1.82, 2.24) is 10.2 Å². The minimum absolute atomic E-state index is 0.0892. The molecule has 2 heterocycles. The molecular weight excluding hydrogens is 248 g/mol. The molecule has 7 nitrogen and oxygen atoms in total. The first-order valence-corrected chi connectivity index (χ1v) is 5.85. The summed E-state index contributed by atoms with van der Waals surface area (Å²) >= 11 is 0. The number of piperazine rings is 1. The number of urea groups is 1. The number of nitrogens with one attached hydrogen (secondary N) is 1. The van der Waals surface area contributed by atoms with Gasteiger partial charge in [0, 0.05) is 12.2 Å². The summed E-state index contributed by atoms with van der Waals surface area (Å²) in [5, 5.41) is 2.58. The Labute approximate surface area is 109 Å². The number of carbonyl (C=O) groups is 3. The lowest BCUT2D eigenvalue weighted by Crippen LogP contribution is -2.54. The summed E-state index contributed by atoms with van der Waals surface area (Å²) in [5.74, 6) is -0.595. The zero-order valence-electron chi connectivity index (χ0n) is 10.00. The Morgan fingerprint density at radius 3 is 2.79 bits per heavy atom. The molecule has 2 aliphatic rings. The van der Waals surface area contributed by atoms with Crippen molar-refractivity contribution in [3.8, 4) is 0 Å². The van der Waals surface area contributed by atoms with Crippen LogP contribution in [0.4, 0.5) is 16.2 Å². The maximum Gasteiger partial charge on any atom is 0.332 e. The van der Waals surface area contributed by atoms with E-state index in [0.717, 1.165) is 4.90 Å². The molecule has 2 aliphatic heterocycles. The van der Waals surface area contributed by atoms with E-state index >= 15 is 0 Å². The summed E-state index contributed by atoms with van der Waals surface area (Å²) in [7, 11) is 0. The fourth-order valence-electron chi connectivity index (χ4n) is 2.34. The molecule has 3 rings (SSSR count). The average Bonchev–Trinajstić information content (AvgIpc) is 2.61. The van der Waals surface area contributed by atoms with Gasteiger partial charge >= 0.3 is 6.03 Å². The van der Waals surface area contributed by atoms with Gasteiger partial charge in [0.1, 0.15) is 12.6 Å². The van der Waals surface area contributed by atoms with Crippen LogP contribution < -0.4 is 16.0 Å². The standard InChI is InChI=1S/C12H12N4O3/c13-7-2-1-3-8(4-7)16-11(18)9-5-14-10(17)6-15(9)12(16)19/h1-4,9H,5-6,13H2,(H,14,17). The first kappa shape index (κ1) is 11.5. The maximum absolute atomic E-state index is 12.2. The van der Waals surface area contributed by atoms with Crippen molar-refractivity contribution in [2.24, 2.45) is 0 Å². The van der Waals surface area contributed by atoms with Crippen LogP contribution in [0.3, 0.4) is 0 Å². The van der Waals surface area contributed by atoms with Crippen molar-refractivity contribution in [3.05, 3.63) is 24.3 Å². The molecule has 0 spiro atoms. The average molecular weight is 260 g/mol. The van der Waals surface area contributed by atoms with Crippen LogP contribution in [0, 0.1) is 0 Å². The van der Waals surface area contributed by atoms with E-state index in [9.17, 15) is 14.4 Å². The Morgan fingerprint density at radius 2 is 2.05 bits per heavy atom. The van der Waals surface area contributed by atoms with E-state index in [2.05, 4.69) is 5.32 Å². The molecule has 0 aliphatic carbocycles. The van der Waals surface area contributed by atoms with Crippen molar-refractivity contribution in [2.75, 3.05) is 23.7 Å². The van der Waals surface area contributed by atoms with Crippen LogP contribution in [-0.4, -0.2) is 41.9 Å². The Hall–Kier alpha value is -2.57. The Balaban J connectivity index is 1.97. The van der Waals surface area contributed by atoms with Crippen LogP contribution in [-0.2, 0) is 9.59 Å². The number of imide groups is 1. The van der Waals surface area contributed by atoms with Gasteiger partial charge < -0.3 is 16.0 Å². The van der Waals surface area contributed by atoms with Gasteiger partial charge in [-0.3, -0.25) is 9.59 Å². The third-order valence-electron chi connectivity index (χ3n) is 3.25. The number of carbonyl (C=O) groups excluding carboxylic acids is 3. The minimum atomic E-state index is -0.619. The van der Waals surface area contributed by atoms with Crippen LogP contribution in [0.5, 0.6) is 0 Å². The zero-order chi connectivity index (χ0) is 13.6. The van der Waals surface area contributed by atoms with Gasteiger partial charge in [-0.25, -0.2) is 9.69 Å². The van der Waals surface area contributed by atoms with Gasteiger partial charge in [0.2, 0.25) is 5.91 Å². The molecule has 2 saturated heterocycles. The SMILES string of the molecule is Nc1cccc(N2C(=O)C3CNC(=O)CN3C2=O)c1. The largest absolute Gasteiger partial charge is 0.399 e. The highest BCUT2D eigenvalue weighted by atomic mass is 16.2. The second-order valence-electron chi connectivity index (χ2n) is 4.50. The molecule has 2 fully saturated rings. The Morgan fingerprint density at radius 1 is 1.26 bits per heavy atom. The Bertz CT molecular complexity index is 586. The summed E-state index contributed by atoms with van der Waals surface area (Å²) in [6.07, 6.45) is 0. The molecule has 4 amide bonds. The quantitative estimate of drug-likeness (QED) is 0.527. The van der Waals surface area contributed by atoms with E-state index < -0.39 is 12.1 Å². The van der Waals surface area contributed by atoms with E-state index in [0.29, 0.717) is 11.4 Å². The summed E-state index contributed by atoms with van der Waals surface area (Å²) < 4.78 is 0. The molecule has 0 radical (unpaired) electrons. The third kappa shape index (κ3) is 1.70. The molecular formula is C12H12N4O3. The molecule has 0 aromatic heterocycles. The van der Waals surface area contributed by atoms with E-state index in [1.54, 1.807) is 24.3 Å². The van der Waals surface area contributed by atoms with Crippen molar-refractivity contribution in [1.29, 1.82) is 0 Å². The molecule has 1 unspecified atom stereocenters. The highest BCUT2D eigenvalue weighted by Crippen LogP contribution is 2.27. The molecule has 1 aromatic rings. The van der Waals surface area contributed by atoms with Gasteiger partial charge in [-0.2, -0.15) is 0 Å². The zero-order valence-corrected chi connectivity index (χ0v) is 10.00.